The second-order valence-electron chi connectivity index (χ2n) is 9.47. The Hall–Kier alpha value is -3.65. The number of anilines is 1. The van der Waals surface area contributed by atoms with Gasteiger partial charge in [-0.05, 0) is 41.3 Å². The molecule has 40 heavy (non-hydrogen) atoms. The molecular formula is C25H23F9N2O4. The van der Waals surface area contributed by atoms with Gasteiger partial charge in [0.25, 0.3) is 0 Å². The van der Waals surface area contributed by atoms with E-state index in [4.69, 9.17) is 0 Å². The first-order valence-electron chi connectivity index (χ1n) is 11.6. The number of rotatable bonds is 4. The number of methoxy groups -OCH3 is 1. The van der Waals surface area contributed by atoms with Crippen molar-refractivity contribution in [2.45, 2.75) is 51.0 Å². The van der Waals surface area contributed by atoms with Gasteiger partial charge in [0.1, 0.15) is 5.92 Å². The molecule has 1 aliphatic rings. The topological polar surface area (TPSA) is 70.1 Å². The summed E-state index contributed by atoms with van der Waals surface area (Å²) in [5, 5.41) is 9.86. The minimum absolute atomic E-state index is 0.153. The number of nitrogens with zero attached hydrogens (tertiary/aromatic N) is 2. The molecule has 6 nitrogen and oxygen atoms in total. The van der Waals surface area contributed by atoms with Crippen molar-refractivity contribution in [1.29, 1.82) is 0 Å². The van der Waals surface area contributed by atoms with Crippen LogP contribution in [0.3, 0.4) is 0 Å². The molecule has 0 fully saturated rings. The zero-order valence-corrected chi connectivity index (χ0v) is 21.0. The van der Waals surface area contributed by atoms with Gasteiger partial charge in [0, 0.05) is 6.54 Å². The Kier molecular flexibility index (Phi) is 8.28. The lowest BCUT2D eigenvalue weighted by molar-refractivity contribution is -0.202. The molecular weight excluding hydrogens is 563 g/mol. The van der Waals surface area contributed by atoms with Crippen molar-refractivity contribution in [3.8, 4) is 0 Å². The molecule has 2 aromatic carbocycles. The zero-order chi connectivity index (χ0) is 30.4. The predicted octanol–water partition coefficient (Wildman–Crippen LogP) is 7.74. The number of fused-ring (bicyclic) bond motifs is 1. The highest BCUT2D eigenvalue weighted by molar-refractivity contribution is 5.89. The summed E-state index contributed by atoms with van der Waals surface area (Å²) < 4.78 is 130. The number of hydrogen-bond donors (Lipinski definition) is 1. The van der Waals surface area contributed by atoms with Crippen LogP contribution in [-0.4, -0.2) is 41.5 Å². The van der Waals surface area contributed by atoms with Gasteiger partial charge in [0.05, 0.1) is 36.0 Å². The SMILES string of the molecule is COC(=O)N(Cc1cc(C(F)(F)F)cc(C(F)(F)F)c1)C1c2ccccc2N(C(=O)O)[C@H](C(C)C)[C@@H]1C(F)(F)F. The summed E-state index contributed by atoms with van der Waals surface area (Å²) >= 11 is 0. The molecule has 0 aliphatic carbocycles. The molecule has 2 amide bonds. The number of alkyl halides is 9. The van der Waals surface area contributed by atoms with Crippen molar-refractivity contribution in [3.63, 3.8) is 0 Å². The largest absolute Gasteiger partial charge is 0.465 e. The third kappa shape index (κ3) is 6.07. The maximum atomic E-state index is 14.7. The maximum Gasteiger partial charge on any atom is 0.416 e. The van der Waals surface area contributed by atoms with E-state index in [0.717, 1.165) is 13.2 Å². The van der Waals surface area contributed by atoms with Crippen LogP contribution < -0.4 is 4.90 Å². The first kappa shape index (κ1) is 30.9. The Labute approximate surface area is 221 Å². The van der Waals surface area contributed by atoms with Crippen LogP contribution in [-0.2, 0) is 23.6 Å². The fourth-order valence-electron chi connectivity index (χ4n) is 5.04. The van der Waals surface area contributed by atoms with Crippen LogP contribution in [0.1, 0.15) is 42.1 Å². The lowest BCUT2D eigenvalue weighted by Gasteiger charge is -2.50. The lowest BCUT2D eigenvalue weighted by atomic mass is 9.75. The first-order chi connectivity index (χ1) is 18.3. The lowest BCUT2D eigenvalue weighted by Crippen LogP contribution is -2.59. The smallest absolute Gasteiger partial charge is 0.416 e. The molecule has 0 saturated carbocycles. The summed E-state index contributed by atoms with van der Waals surface area (Å²) in [5.41, 5.74) is -4.79. The van der Waals surface area contributed by atoms with E-state index in [1.165, 1.54) is 32.0 Å². The van der Waals surface area contributed by atoms with Gasteiger partial charge in [-0.2, -0.15) is 39.5 Å². The standard InChI is InChI=1S/C25H23F9N2O4/c1-12(2)19-18(25(32,33)34)20(16-6-4-5-7-17(16)36(19)21(37)38)35(22(39)40-3)11-13-8-14(23(26,27)28)10-15(9-13)24(29,30)31/h4-10,12,18-20H,11H2,1-3H3,(H,37,38)/t18-,19+,20?/m0/s1. The number of para-hydroxylation sites is 1. The van der Waals surface area contributed by atoms with Crippen LogP contribution in [0.15, 0.2) is 42.5 Å². The zero-order valence-electron chi connectivity index (χ0n) is 21.0. The molecule has 1 heterocycles. The minimum Gasteiger partial charge on any atom is -0.465 e. The van der Waals surface area contributed by atoms with Gasteiger partial charge in [-0.15, -0.1) is 0 Å². The number of halogens is 9. The molecule has 0 spiro atoms. The Morgan fingerprint density at radius 2 is 1.48 bits per heavy atom. The second kappa shape index (κ2) is 10.7. The summed E-state index contributed by atoms with van der Waals surface area (Å²) in [6.45, 7) is 1.48. The Morgan fingerprint density at radius 1 is 0.950 bits per heavy atom. The summed E-state index contributed by atoms with van der Waals surface area (Å²) in [4.78, 5) is 26.0. The minimum atomic E-state index is -5.25. The average Bonchev–Trinajstić information content (AvgIpc) is 2.83. The van der Waals surface area contributed by atoms with E-state index in [2.05, 4.69) is 4.74 Å². The number of amides is 2. The molecule has 3 rings (SSSR count). The molecule has 1 unspecified atom stereocenters. The molecule has 0 aromatic heterocycles. The Morgan fingerprint density at radius 3 is 1.90 bits per heavy atom. The molecule has 220 valence electrons. The van der Waals surface area contributed by atoms with Crippen molar-refractivity contribution in [1.82, 2.24) is 4.90 Å². The Balaban J connectivity index is 2.32. The molecule has 2 aromatic rings. The molecule has 1 aliphatic heterocycles. The monoisotopic (exact) mass is 586 g/mol. The Bertz CT molecular complexity index is 1230. The third-order valence-electron chi connectivity index (χ3n) is 6.53. The van der Waals surface area contributed by atoms with Gasteiger partial charge in [-0.1, -0.05) is 32.0 Å². The van der Waals surface area contributed by atoms with E-state index in [-0.39, 0.29) is 17.3 Å². The van der Waals surface area contributed by atoms with Crippen molar-refractivity contribution < 1.29 is 58.9 Å². The van der Waals surface area contributed by atoms with E-state index in [0.29, 0.717) is 21.9 Å². The highest BCUT2D eigenvalue weighted by Crippen LogP contribution is 2.52. The van der Waals surface area contributed by atoms with E-state index >= 15 is 0 Å². The highest BCUT2D eigenvalue weighted by Gasteiger charge is 2.59. The number of carboxylic acid groups (broad SMARTS) is 1. The summed E-state index contributed by atoms with van der Waals surface area (Å²) in [6.07, 6.45) is -18.9. The molecule has 3 atom stereocenters. The van der Waals surface area contributed by atoms with Gasteiger partial charge >= 0.3 is 30.7 Å². The maximum absolute atomic E-state index is 14.7. The van der Waals surface area contributed by atoms with Crippen molar-refractivity contribution in [2.24, 2.45) is 11.8 Å². The third-order valence-corrected chi connectivity index (χ3v) is 6.53. The van der Waals surface area contributed by atoms with Gasteiger partial charge in [-0.3, -0.25) is 9.80 Å². The van der Waals surface area contributed by atoms with E-state index in [9.17, 15) is 54.2 Å². The van der Waals surface area contributed by atoms with Crippen molar-refractivity contribution in [2.75, 3.05) is 12.0 Å². The van der Waals surface area contributed by atoms with Gasteiger partial charge in [0.2, 0.25) is 0 Å². The molecule has 1 N–H and O–H groups in total. The van der Waals surface area contributed by atoms with Crippen LogP contribution in [0.2, 0.25) is 0 Å². The normalized spacial score (nSPS) is 19.8. The number of benzene rings is 2. The summed E-state index contributed by atoms with van der Waals surface area (Å²) in [5.74, 6) is -3.63. The predicted molar refractivity (Wildman–Crippen MR) is 122 cm³/mol. The number of carbonyl (C=O) groups is 2. The second-order valence-corrected chi connectivity index (χ2v) is 9.47. The van der Waals surface area contributed by atoms with Crippen molar-refractivity contribution >= 4 is 17.9 Å². The average molecular weight is 586 g/mol. The van der Waals surface area contributed by atoms with Crippen LogP contribution in [0, 0.1) is 11.8 Å². The van der Waals surface area contributed by atoms with Crippen LogP contribution in [0.4, 0.5) is 54.8 Å². The molecule has 0 bridgehead atoms. The van der Waals surface area contributed by atoms with E-state index in [1.54, 1.807) is 0 Å². The summed E-state index contributed by atoms with van der Waals surface area (Å²) in [7, 11) is 0.781. The number of hydrogen-bond acceptors (Lipinski definition) is 3. The highest BCUT2D eigenvalue weighted by atomic mass is 19.4. The first-order valence-corrected chi connectivity index (χ1v) is 11.6. The summed E-state index contributed by atoms with van der Waals surface area (Å²) in [6, 6.07) is 1.44. The van der Waals surface area contributed by atoms with E-state index < -0.39 is 77.9 Å². The number of ether oxygens (including phenoxy) is 1. The van der Waals surface area contributed by atoms with Crippen LogP contribution >= 0.6 is 0 Å². The van der Waals surface area contributed by atoms with Crippen LogP contribution in [0.5, 0.6) is 0 Å². The fraction of sp³-hybridized carbons (Fsp3) is 0.440. The van der Waals surface area contributed by atoms with Gasteiger partial charge in [0.15, 0.2) is 0 Å². The van der Waals surface area contributed by atoms with Gasteiger partial charge < -0.3 is 9.84 Å². The van der Waals surface area contributed by atoms with Gasteiger partial charge in [-0.25, -0.2) is 9.59 Å². The number of carbonyl (C=O) groups excluding carboxylic acids is 1. The van der Waals surface area contributed by atoms with Crippen molar-refractivity contribution in [3.05, 3.63) is 64.7 Å². The fourth-order valence-corrected chi connectivity index (χ4v) is 5.04. The van der Waals surface area contributed by atoms with E-state index in [1.807, 2.05) is 0 Å². The van der Waals surface area contributed by atoms with Crippen LogP contribution in [0.25, 0.3) is 0 Å². The molecule has 0 saturated heterocycles. The molecule has 15 heteroatoms. The molecule has 0 radical (unpaired) electrons. The quantitative estimate of drug-likeness (QED) is 0.373.